The molecule has 0 aliphatic heterocycles. The van der Waals surface area contributed by atoms with Gasteiger partial charge in [-0.1, -0.05) is 30.3 Å². The van der Waals surface area contributed by atoms with Crippen LogP contribution in [0, 0.1) is 0 Å². The topological polar surface area (TPSA) is 40.0 Å². The van der Waals surface area contributed by atoms with E-state index in [0.717, 1.165) is 22.6 Å². The summed E-state index contributed by atoms with van der Waals surface area (Å²) in [6.45, 7) is 0.555. The Hall–Kier alpha value is -3.27. The van der Waals surface area contributed by atoms with Crippen molar-refractivity contribution in [2.45, 2.75) is 6.61 Å². The maximum Gasteiger partial charge on any atom is 0.162 e. The molecule has 3 rings (SSSR count). The van der Waals surface area contributed by atoms with Gasteiger partial charge in [0.15, 0.2) is 11.5 Å². The lowest BCUT2D eigenvalue weighted by molar-refractivity contribution is 0.306. The minimum atomic E-state index is 0.555. The first-order valence-electron chi connectivity index (χ1n) is 8.31. The Labute approximate surface area is 153 Å². The highest BCUT2D eigenvalue weighted by Gasteiger charge is 2.03. The first kappa shape index (κ1) is 17.5. The summed E-state index contributed by atoms with van der Waals surface area (Å²) in [5.41, 5.74) is 2.94. The maximum atomic E-state index is 5.79. The van der Waals surface area contributed by atoms with Crippen LogP contribution in [-0.2, 0) is 6.61 Å². The quantitative estimate of drug-likeness (QED) is 0.563. The smallest absolute Gasteiger partial charge is 0.162 e. The summed E-state index contributed by atoms with van der Waals surface area (Å²) >= 11 is 0. The van der Waals surface area contributed by atoms with Crippen LogP contribution < -0.4 is 14.2 Å². The van der Waals surface area contributed by atoms with Gasteiger partial charge in [0.2, 0.25) is 0 Å². The average molecular weight is 347 g/mol. The highest BCUT2D eigenvalue weighted by Crippen LogP contribution is 2.30. The van der Waals surface area contributed by atoms with Crippen LogP contribution in [0.5, 0.6) is 17.2 Å². The minimum Gasteiger partial charge on any atom is -0.493 e. The fourth-order valence-corrected chi connectivity index (χ4v) is 2.45. The molecule has 0 fully saturated rings. The van der Waals surface area contributed by atoms with Crippen LogP contribution >= 0.6 is 0 Å². The van der Waals surface area contributed by atoms with Gasteiger partial charge < -0.3 is 14.2 Å². The lowest BCUT2D eigenvalue weighted by Crippen LogP contribution is -1.95. The van der Waals surface area contributed by atoms with Crippen molar-refractivity contribution in [2.75, 3.05) is 14.2 Å². The molecule has 0 saturated heterocycles. The van der Waals surface area contributed by atoms with Crippen LogP contribution in [0.25, 0.3) is 0 Å². The lowest BCUT2D eigenvalue weighted by atomic mass is 10.2. The molecule has 0 aliphatic rings. The van der Waals surface area contributed by atoms with Crippen molar-refractivity contribution >= 4 is 11.9 Å². The molecule has 0 aliphatic carbocycles. The van der Waals surface area contributed by atoms with E-state index in [9.17, 15) is 0 Å². The number of nitrogens with zero attached hydrogens (tertiary/aromatic N) is 1. The SMILES string of the molecule is COc1ccc(N=Cc2ccc(OCc3ccccc3)cc2)cc1OC. The van der Waals surface area contributed by atoms with Gasteiger partial charge >= 0.3 is 0 Å². The van der Waals surface area contributed by atoms with E-state index in [-0.39, 0.29) is 0 Å². The van der Waals surface area contributed by atoms with Gasteiger partial charge in [-0.15, -0.1) is 0 Å². The molecule has 0 atom stereocenters. The third-order valence-corrected chi connectivity index (χ3v) is 3.86. The van der Waals surface area contributed by atoms with Gasteiger partial charge in [-0.25, -0.2) is 0 Å². The fraction of sp³-hybridized carbons (Fsp3) is 0.136. The Balaban J connectivity index is 1.62. The molecule has 0 heterocycles. The number of ether oxygens (including phenoxy) is 3. The summed E-state index contributed by atoms with van der Waals surface area (Å²) in [4.78, 5) is 4.48. The molecule has 0 bridgehead atoms. The number of hydrogen-bond donors (Lipinski definition) is 0. The molecule has 3 aromatic rings. The molecule has 132 valence electrons. The van der Waals surface area contributed by atoms with Crippen molar-refractivity contribution in [3.8, 4) is 17.2 Å². The molecule has 3 aromatic carbocycles. The predicted octanol–water partition coefficient (Wildman–Crippen LogP) is 5.03. The van der Waals surface area contributed by atoms with Crippen molar-refractivity contribution in [3.05, 3.63) is 83.9 Å². The Morgan fingerprint density at radius 2 is 1.54 bits per heavy atom. The second-order valence-corrected chi connectivity index (χ2v) is 5.64. The first-order chi connectivity index (χ1) is 12.8. The number of benzene rings is 3. The van der Waals surface area contributed by atoms with Gasteiger partial charge in [-0.05, 0) is 47.5 Å². The summed E-state index contributed by atoms with van der Waals surface area (Å²) in [6, 6.07) is 23.5. The van der Waals surface area contributed by atoms with Crippen LogP contribution in [0.3, 0.4) is 0 Å². The Kier molecular flexibility index (Phi) is 5.88. The fourth-order valence-electron chi connectivity index (χ4n) is 2.45. The van der Waals surface area contributed by atoms with Crippen LogP contribution in [0.15, 0.2) is 77.8 Å². The molecule has 26 heavy (non-hydrogen) atoms. The molecule has 4 heteroatoms. The van der Waals surface area contributed by atoms with Crippen molar-refractivity contribution in [2.24, 2.45) is 4.99 Å². The minimum absolute atomic E-state index is 0.555. The molecule has 0 radical (unpaired) electrons. The highest BCUT2D eigenvalue weighted by molar-refractivity contribution is 5.82. The zero-order valence-electron chi connectivity index (χ0n) is 14.9. The monoisotopic (exact) mass is 347 g/mol. The number of aliphatic imine (C=N–C) groups is 1. The molecule has 0 spiro atoms. The van der Waals surface area contributed by atoms with E-state index in [4.69, 9.17) is 14.2 Å². The van der Waals surface area contributed by atoms with E-state index in [0.29, 0.717) is 18.1 Å². The largest absolute Gasteiger partial charge is 0.493 e. The third kappa shape index (κ3) is 4.63. The molecule has 0 unspecified atom stereocenters. The second-order valence-electron chi connectivity index (χ2n) is 5.64. The number of hydrogen-bond acceptors (Lipinski definition) is 4. The van der Waals surface area contributed by atoms with Crippen LogP contribution in [0.1, 0.15) is 11.1 Å². The van der Waals surface area contributed by atoms with Gasteiger partial charge in [0.05, 0.1) is 19.9 Å². The Bertz CT molecular complexity index is 858. The van der Waals surface area contributed by atoms with Gasteiger partial charge in [0.1, 0.15) is 12.4 Å². The molecular formula is C22H21NO3. The summed E-state index contributed by atoms with van der Waals surface area (Å²) in [6.07, 6.45) is 1.81. The maximum absolute atomic E-state index is 5.79. The van der Waals surface area contributed by atoms with E-state index in [1.165, 1.54) is 0 Å². The molecule has 0 amide bonds. The zero-order valence-corrected chi connectivity index (χ0v) is 14.9. The summed E-state index contributed by atoms with van der Waals surface area (Å²) in [7, 11) is 3.22. The Morgan fingerprint density at radius 1 is 0.808 bits per heavy atom. The normalized spacial score (nSPS) is 10.7. The van der Waals surface area contributed by atoms with Crippen LogP contribution in [-0.4, -0.2) is 20.4 Å². The van der Waals surface area contributed by atoms with Gasteiger partial charge in [0, 0.05) is 12.3 Å². The van der Waals surface area contributed by atoms with Crippen LogP contribution in [0.2, 0.25) is 0 Å². The molecule has 4 nitrogen and oxygen atoms in total. The highest BCUT2D eigenvalue weighted by atomic mass is 16.5. The summed E-state index contributed by atoms with van der Waals surface area (Å²) in [5.74, 6) is 2.18. The number of rotatable bonds is 7. The lowest BCUT2D eigenvalue weighted by Gasteiger charge is -2.07. The van der Waals surface area contributed by atoms with Gasteiger partial charge in [-0.3, -0.25) is 4.99 Å². The van der Waals surface area contributed by atoms with E-state index in [1.807, 2.05) is 79.0 Å². The van der Waals surface area contributed by atoms with Crippen molar-refractivity contribution < 1.29 is 14.2 Å². The van der Waals surface area contributed by atoms with E-state index >= 15 is 0 Å². The summed E-state index contributed by atoms with van der Waals surface area (Å²) < 4.78 is 16.3. The molecule has 0 saturated carbocycles. The molecule has 0 aromatic heterocycles. The van der Waals surface area contributed by atoms with Crippen molar-refractivity contribution in [1.82, 2.24) is 0 Å². The average Bonchev–Trinajstić information content (AvgIpc) is 2.72. The third-order valence-electron chi connectivity index (χ3n) is 3.86. The van der Waals surface area contributed by atoms with Gasteiger partial charge in [0.25, 0.3) is 0 Å². The summed E-state index contributed by atoms with van der Waals surface area (Å²) in [5, 5.41) is 0. The van der Waals surface area contributed by atoms with E-state index in [2.05, 4.69) is 4.99 Å². The van der Waals surface area contributed by atoms with Crippen molar-refractivity contribution in [1.29, 1.82) is 0 Å². The van der Waals surface area contributed by atoms with Crippen LogP contribution in [0.4, 0.5) is 5.69 Å². The zero-order chi connectivity index (χ0) is 18.2. The number of methoxy groups -OCH3 is 2. The standard InChI is InChI=1S/C22H21NO3/c1-24-21-13-10-19(14-22(21)25-2)23-15-17-8-11-20(12-9-17)26-16-18-6-4-3-5-7-18/h3-15H,16H2,1-2H3. The van der Waals surface area contributed by atoms with Crippen molar-refractivity contribution in [3.63, 3.8) is 0 Å². The predicted molar refractivity (Wildman–Crippen MR) is 104 cm³/mol. The van der Waals surface area contributed by atoms with Gasteiger partial charge in [-0.2, -0.15) is 0 Å². The second kappa shape index (κ2) is 8.72. The first-order valence-corrected chi connectivity index (χ1v) is 8.31. The van der Waals surface area contributed by atoms with E-state index < -0.39 is 0 Å². The molecular weight excluding hydrogens is 326 g/mol. The van der Waals surface area contributed by atoms with E-state index in [1.54, 1.807) is 14.2 Å². The molecule has 0 N–H and O–H groups in total. The Morgan fingerprint density at radius 3 is 2.23 bits per heavy atom.